The lowest BCUT2D eigenvalue weighted by Gasteiger charge is -2.19. The van der Waals surface area contributed by atoms with Gasteiger partial charge in [0.1, 0.15) is 6.61 Å². The molecule has 162 valence electrons. The fourth-order valence-corrected chi connectivity index (χ4v) is 5.24. The summed E-state index contributed by atoms with van der Waals surface area (Å²) >= 11 is 3.38. The third kappa shape index (κ3) is 3.66. The van der Waals surface area contributed by atoms with Gasteiger partial charge in [-0.05, 0) is 49.8 Å². The van der Waals surface area contributed by atoms with E-state index in [2.05, 4.69) is 45.2 Å². The predicted molar refractivity (Wildman–Crippen MR) is 122 cm³/mol. The summed E-state index contributed by atoms with van der Waals surface area (Å²) in [5.74, 6) is -2.00. The molecule has 1 N–H and O–H groups in total. The van der Waals surface area contributed by atoms with E-state index in [-0.39, 0.29) is 31.5 Å². The molecule has 1 fully saturated rings. The second-order valence-corrected chi connectivity index (χ2v) is 9.11. The number of rotatable bonds is 4. The number of nitrogens with zero attached hydrogens (tertiary/aromatic N) is 2. The average molecular weight is 493 g/mol. The van der Waals surface area contributed by atoms with Gasteiger partial charge in [-0.1, -0.05) is 48.5 Å². The van der Waals surface area contributed by atoms with Crippen molar-refractivity contribution in [2.45, 2.75) is 11.8 Å². The number of pyridine rings is 1. The van der Waals surface area contributed by atoms with Crippen LogP contribution in [0.1, 0.15) is 28.5 Å². The van der Waals surface area contributed by atoms with Crippen LogP contribution in [0.5, 0.6) is 0 Å². The highest BCUT2D eigenvalue weighted by molar-refractivity contribution is 9.10. The molecule has 1 aliphatic carbocycles. The lowest BCUT2D eigenvalue weighted by Crippen LogP contribution is -2.31. The predicted octanol–water partition coefficient (Wildman–Crippen LogP) is 4.89. The van der Waals surface area contributed by atoms with E-state index >= 15 is 0 Å². The third-order valence-electron chi connectivity index (χ3n) is 6.39. The van der Waals surface area contributed by atoms with Gasteiger partial charge < -0.3 is 14.7 Å². The van der Waals surface area contributed by atoms with Crippen molar-refractivity contribution in [3.05, 3.63) is 88.2 Å². The minimum atomic E-state index is -0.927. The molecule has 0 saturated carbocycles. The molecule has 0 spiro atoms. The van der Waals surface area contributed by atoms with Crippen molar-refractivity contribution in [2.24, 2.45) is 5.92 Å². The van der Waals surface area contributed by atoms with Gasteiger partial charge in [-0.15, -0.1) is 0 Å². The molecule has 2 heterocycles. The number of aliphatic carboxylic acids is 1. The molecular formula is C25H21BrN2O4. The Morgan fingerprint density at radius 2 is 1.69 bits per heavy atom. The number of ether oxygens (including phenoxy) is 1. The van der Waals surface area contributed by atoms with Gasteiger partial charge in [0.2, 0.25) is 0 Å². The normalized spacial score (nSPS) is 19.5. The van der Waals surface area contributed by atoms with Gasteiger partial charge in [-0.3, -0.25) is 9.78 Å². The average Bonchev–Trinajstić information content (AvgIpc) is 3.38. The summed E-state index contributed by atoms with van der Waals surface area (Å²) in [4.78, 5) is 30.4. The molecule has 3 aromatic rings. The Balaban J connectivity index is 1.32. The first kappa shape index (κ1) is 20.7. The number of aromatic nitrogens is 1. The Kier molecular flexibility index (Phi) is 5.43. The summed E-state index contributed by atoms with van der Waals surface area (Å²) < 4.78 is 6.51. The molecular weight excluding hydrogens is 472 g/mol. The Morgan fingerprint density at radius 3 is 2.31 bits per heavy atom. The first-order valence-electron chi connectivity index (χ1n) is 10.5. The van der Waals surface area contributed by atoms with Gasteiger partial charge in [0.25, 0.3) is 0 Å². The highest BCUT2D eigenvalue weighted by Crippen LogP contribution is 2.44. The van der Waals surface area contributed by atoms with Crippen molar-refractivity contribution in [1.82, 2.24) is 9.88 Å². The van der Waals surface area contributed by atoms with Crippen LogP contribution in [-0.2, 0) is 9.53 Å². The van der Waals surface area contributed by atoms with Crippen molar-refractivity contribution in [2.75, 3.05) is 19.7 Å². The number of hydrogen-bond acceptors (Lipinski definition) is 4. The molecule has 1 saturated heterocycles. The number of halogens is 1. The van der Waals surface area contributed by atoms with Crippen LogP contribution in [0, 0.1) is 5.92 Å². The summed E-state index contributed by atoms with van der Waals surface area (Å²) in [6, 6.07) is 18.2. The van der Waals surface area contributed by atoms with Crippen molar-refractivity contribution < 1.29 is 19.4 Å². The first-order chi connectivity index (χ1) is 15.5. The molecule has 2 unspecified atom stereocenters. The molecule has 6 nitrogen and oxygen atoms in total. The number of hydrogen-bond donors (Lipinski definition) is 1. The third-order valence-corrected chi connectivity index (χ3v) is 6.82. The fourth-order valence-electron chi connectivity index (χ4n) is 4.86. The summed E-state index contributed by atoms with van der Waals surface area (Å²) in [5.41, 5.74) is 5.41. The Labute approximate surface area is 194 Å². The molecule has 1 amide bonds. The molecule has 0 bridgehead atoms. The second kappa shape index (κ2) is 8.39. The smallest absolute Gasteiger partial charge is 0.409 e. The second-order valence-electron chi connectivity index (χ2n) is 8.20. The van der Waals surface area contributed by atoms with E-state index in [1.54, 1.807) is 12.4 Å². The molecule has 2 aromatic carbocycles. The molecule has 1 aliphatic heterocycles. The van der Waals surface area contributed by atoms with Crippen LogP contribution in [0.3, 0.4) is 0 Å². The van der Waals surface area contributed by atoms with Gasteiger partial charge in [-0.2, -0.15) is 0 Å². The summed E-state index contributed by atoms with van der Waals surface area (Å²) in [6.45, 7) is 0.610. The quantitative estimate of drug-likeness (QED) is 0.560. The largest absolute Gasteiger partial charge is 0.481 e. The highest BCUT2D eigenvalue weighted by Gasteiger charge is 2.41. The molecule has 5 rings (SSSR count). The van der Waals surface area contributed by atoms with Crippen LogP contribution in [0.15, 0.2) is 71.5 Å². The summed E-state index contributed by atoms with van der Waals surface area (Å²) in [6.07, 6.45) is 2.83. The minimum absolute atomic E-state index is 0.0331. The summed E-state index contributed by atoms with van der Waals surface area (Å²) in [5, 5.41) is 9.72. The zero-order chi connectivity index (χ0) is 22.2. The van der Waals surface area contributed by atoms with Crippen LogP contribution < -0.4 is 0 Å². The molecule has 2 atom stereocenters. The minimum Gasteiger partial charge on any atom is -0.481 e. The number of carbonyl (C=O) groups excluding carboxylic acids is 1. The molecule has 1 aromatic heterocycles. The molecule has 0 radical (unpaired) electrons. The zero-order valence-corrected chi connectivity index (χ0v) is 18.7. The van der Waals surface area contributed by atoms with Crippen molar-refractivity contribution in [3.8, 4) is 11.1 Å². The van der Waals surface area contributed by atoms with E-state index in [1.165, 1.54) is 16.0 Å². The maximum absolute atomic E-state index is 12.9. The number of carbonyl (C=O) groups is 2. The van der Waals surface area contributed by atoms with Gasteiger partial charge in [-0.25, -0.2) is 4.79 Å². The number of fused-ring (bicyclic) bond motifs is 3. The maximum Gasteiger partial charge on any atom is 0.409 e. The van der Waals surface area contributed by atoms with E-state index in [0.717, 1.165) is 21.2 Å². The molecule has 7 heteroatoms. The number of carboxylic acid groups (broad SMARTS) is 1. The van der Waals surface area contributed by atoms with E-state index in [0.29, 0.717) is 0 Å². The Bertz CT molecular complexity index is 1150. The molecule has 32 heavy (non-hydrogen) atoms. The van der Waals surface area contributed by atoms with Crippen LogP contribution in [0.25, 0.3) is 11.1 Å². The van der Waals surface area contributed by atoms with E-state index < -0.39 is 18.0 Å². The monoisotopic (exact) mass is 492 g/mol. The number of likely N-dealkylation sites (tertiary alicyclic amines) is 1. The first-order valence-corrected chi connectivity index (χ1v) is 11.3. The van der Waals surface area contributed by atoms with Crippen molar-refractivity contribution in [3.63, 3.8) is 0 Å². The highest BCUT2D eigenvalue weighted by atomic mass is 79.9. The number of benzene rings is 2. The fraction of sp³-hybridized carbons (Fsp3) is 0.240. The lowest BCUT2D eigenvalue weighted by atomic mass is 9.90. The van der Waals surface area contributed by atoms with Crippen molar-refractivity contribution in [1.29, 1.82) is 0 Å². The number of amides is 1. The summed E-state index contributed by atoms with van der Waals surface area (Å²) in [7, 11) is 0. The Hall–Kier alpha value is -3.19. The standard InChI is InChI=1S/C25H21BrN2O4/c26-16-9-15(10-27-11-16)21-12-28(13-22(21)24(29)30)25(31)32-14-23-19-7-3-1-5-17(19)18-6-2-4-8-20(18)23/h1-11,21-23H,12-14H2,(H,29,30). The van der Waals surface area contributed by atoms with Crippen LogP contribution in [0.4, 0.5) is 4.79 Å². The molecule has 2 aliphatic rings. The van der Waals surface area contributed by atoms with Gasteiger partial charge in [0.15, 0.2) is 0 Å². The number of carboxylic acids is 1. The zero-order valence-electron chi connectivity index (χ0n) is 17.1. The van der Waals surface area contributed by atoms with Crippen LogP contribution >= 0.6 is 15.9 Å². The SMILES string of the molecule is O=C(O)C1CN(C(=O)OCC2c3ccccc3-c3ccccc32)CC1c1cncc(Br)c1. The van der Waals surface area contributed by atoms with Gasteiger partial charge in [0, 0.05) is 41.8 Å². The topological polar surface area (TPSA) is 79.7 Å². The van der Waals surface area contributed by atoms with Crippen molar-refractivity contribution >= 4 is 28.0 Å². The maximum atomic E-state index is 12.9. The van der Waals surface area contributed by atoms with E-state index in [1.807, 2.05) is 30.3 Å². The Morgan fingerprint density at radius 1 is 1.03 bits per heavy atom. The van der Waals surface area contributed by atoms with Gasteiger partial charge in [0.05, 0.1) is 5.92 Å². The van der Waals surface area contributed by atoms with Crippen LogP contribution in [-0.4, -0.2) is 46.7 Å². The van der Waals surface area contributed by atoms with Gasteiger partial charge >= 0.3 is 12.1 Å². The van der Waals surface area contributed by atoms with E-state index in [9.17, 15) is 14.7 Å². The van der Waals surface area contributed by atoms with E-state index in [4.69, 9.17) is 4.74 Å². The lowest BCUT2D eigenvalue weighted by molar-refractivity contribution is -0.141. The van der Waals surface area contributed by atoms with Crippen LogP contribution in [0.2, 0.25) is 0 Å².